The van der Waals surface area contributed by atoms with E-state index in [1.165, 1.54) is 0 Å². The first-order valence-corrected chi connectivity index (χ1v) is 7.78. The molecule has 1 aromatic carbocycles. The number of hydrogen-bond donors (Lipinski definition) is 3. The largest absolute Gasteiger partial charge is 0.433 e. The van der Waals surface area contributed by atoms with Crippen LogP contribution in [0, 0.1) is 20.8 Å². The average molecular weight is 354 g/mol. The van der Waals surface area contributed by atoms with Gasteiger partial charge >= 0.3 is 6.18 Å². The summed E-state index contributed by atoms with van der Waals surface area (Å²) in [6.07, 6.45) is -4.60. The number of aryl methyl sites for hydroxylation is 3. The quantitative estimate of drug-likeness (QED) is 0.758. The van der Waals surface area contributed by atoms with Crippen molar-refractivity contribution in [2.45, 2.75) is 39.9 Å². The highest BCUT2D eigenvalue weighted by Crippen LogP contribution is 2.32. The Morgan fingerprint density at radius 2 is 1.68 bits per heavy atom. The fourth-order valence-corrected chi connectivity index (χ4v) is 2.49. The first-order chi connectivity index (χ1) is 11.6. The number of anilines is 3. The molecule has 0 aliphatic rings. The molecule has 0 saturated heterocycles. The van der Waals surface area contributed by atoms with Gasteiger partial charge in [0.25, 0.3) is 0 Å². The Hall–Kier alpha value is -2.35. The highest BCUT2D eigenvalue weighted by atomic mass is 19.4. The minimum absolute atomic E-state index is 0.0324. The van der Waals surface area contributed by atoms with E-state index < -0.39 is 17.9 Å². The number of nitrogens with one attached hydrogen (secondary N) is 2. The van der Waals surface area contributed by atoms with Crippen LogP contribution in [-0.2, 0) is 6.18 Å². The number of aliphatic hydroxyl groups is 1. The lowest BCUT2D eigenvalue weighted by molar-refractivity contribution is -0.141. The monoisotopic (exact) mass is 354 g/mol. The van der Waals surface area contributed by atoms with Crippen molar-refractivity contribution in [3.8, 4) is 0 Å². The van der Waals surface area contributed by atoms with Crippen molar-refractivity contribution in [3.63, 3.8) is 0 Å². The summed E-state index contributed by atoms with van der Waals surface area (Å²) in [6.45, 7) is 7.07. The summed E-state index contributed by atoms with van der Waals surface area (Å²) >= 11 is 0. The number of halogens is 3. The summed E-state index contributed by atoms with van der Waals surface area (Å²) < 4.78 is 39.4. The molecule has 0 aliphatic heterocycles. The number of alkyl halides is 3. The molecule has 0 bridgehead atoms. The second-order valence-electron chi connectivity index (χ2n) is 6.09. The van der Waals surface area contributed by atoms with Crippen LogP contribution in [0.3, 0.4) is 0 Å². The minimum Gasteiger partial charge on any atom is -0.394 e. The first kappa shape index (κ1) is 19.0. The highest BCUT2D eigenvalue weighted by molar-refractivity contribution is 5.66. The van der Waals surface area contributed by atoms with Crippen molar-refractivity contribution < 1.29 is 18.3 Å². The molecule has 2 rings (SSSR count). The molecule has 0 radical (unpaired) electrons. The minimum atomic E-state index is -4.60. The molecule has 1 heterocycles. The van der Waals surface area contributed by atoms with E-state index >= 15 is 0 Å². The molecular formula is C17H21F3N4O. The van der Waals surface area contributed by atoms with E-state index in [9.17, 15) is 13.2 Å². The molecule has 1 aromatic heterocycles. The number of aliphatic hydroxyl groups excluding tert-OH is 1. The van der Waals surface area contributed by atoms with Gasteiger partial charge in [-0.1, -0.05) is 17.7 Å². The van der Waals surface area contributed by atoms with E-state index in [1.54, 1.807) is 6.92 Å². The zero-order valence-electron chi connectivity index (χ0n) is 14.5. The third kappa shape index (κ3) is 4.82. The van der Waals surface area contributed by atoms with Crippen LogP contribution in [0.1, 0.15) is 29.3 Å². The summed E-state index contributed by atoms with van der Waals surface area (Å²) in [4.78, 5) is 7.59. The number of nitrogens with zero attached hydrogens (tertiary/aromatic N) is 2. The van der Waals surface area contributed by atoms with Gasteiger partial charge in [-0.25, -0.2) is 4.98 Å². The van der Waals surface area contributed by atoms with Gasteiger partial charge in [-0.05, 0) is 38.8 Å². The maximum absolute atomic E-state index is 13.1. The molecule has 1 atom stereocenters. The summed E-state index contributed by atoms with van der Waals surface area (Å²) in [5.41, 5.74) is 2.53. The molecule has 5 nitrogen and oxygen atoms in total. The van der Waals surface area contributed by atoms with Crippen LogP contribution in [0.5, 0.6) is 0 Å². The molecule has 136 valence electrons. The van der Waals surface area contributed by atoms with Crippen LogP contribution in [0.2, 0.25) is 0 Å². The van der Waals surface area contributed by atoms with Crippen LogP contribution in [-0.4, -0.2) is 27.7 Å². The van der Waals surface area contributed by atoms with Gasteiger partial charge in [0.05, 0.1) is 6.61 Å². The smallest absolute Gasteiger partial charge is 0.394 e. The first-order valence-electron chi connectivity index (χ1n) is 7.78. The molecular weight excluding hydrogens is 333 g/mol. The van der Waals surface area contributed by atoms with E-state index in [0.717, 1.165) is 22.8 Å². The predicted octanol–water partition coefficient (Wildman–Crippen LogP) is 3.96. The Morgan fingerprint density at radius 1 is 1.08 bits per heavy atom. The summed E-state index contributed by atoms with van der Waals surface area (Å²) in [5, 5.41) is 14.7. The lowest BCUT2D eigenvalue weighted by Crippen LogP contribution is -2.22. The van der Waals surface area contributed by atoms with Crippen molar-refractivity contribution in [1.82, 2.24) is 9.97 Å². The molecule has 2 aromatic rings. The summed E-state index contributed by atoms with van der Waals surface area (Å²) in [6, 6.07) is 4.27. The van der Waals surface area contributed by atoms with E-state index in [-0.39, 0.29) is 18.4 Å². The van der Waals surface area contributed by atoms with Gasteiger partial charge in [-0.2, -0.15) is 18.2 Å². The third-order valence-corrected chi connectivity index (χ3v) is 3.60. The normalized spacial score (nSPS) is 12.8. The fraction of sp³-hybridized carbons (Fsp3) is 0.412. The molecule has 0 saturated carbocycles. The van der Waals surface area contributed by atoms with Crippen molar-refractivity contribution >= 4 is 17.5 Å². The van der Waals surface area contributed by atoms with E-state index in [1.807, 2.05) is 32.9 Å². The van der Waals surface area contributed by atoms with Gasteiger partial charge in [-0.15, -0.1) is 0 Å². The second kappa shape index (κ2) is 7.26. The standard InChI is InChI=1S/C17H21F3N4O/c1-9-5-10(2)15(11(3)6-9)23-14-7-13(17(18,19)20)22-16(24-14)21-12(4)8-25/h5-7,12,25H,8H2,1-4H3,(H2,21,22,23,24)/t12-/m1/s1. The molecule has 25 heavy (non-hydrogen) atoms. The zero-order valence-corrected chi connectivity index (χ0v) is 14.5. The lowest BCUT2D eigenvalue weighted by Gasteiger charge is -2.17. The van der Waals surface area contributed by atoms with E-state index in [0.29, 0.717) is 5.69 Å². The SMILES string of the molecule is Cc1cc(C)c(Nc2cc(C(F)(F)F)nc(N[C@H](C)CO)n2)c(C)c1. The maximum Gasteiger partial charge on any atom is 0.433 e. The Kier molecular flexibility index (Phi) is 5.52. The average Bonchev–Trinajstić information content (AvgIpc) is 2.49. The van der Waals surface area contributed by atoms with Crippen molar-refractivity contribution in [2.24, 2.45) is 0 Å². The second-order valence-corrected chi connectivity index (χ2v) is 6.09. The Morgan fingerprint density at radius 3 is 2.20 bits per heavy atom. The Balaban J connectivity index is 2.44. The molecule has 0 unspecified atom stereocenters. The van der Waals surface area contributed by atoms with E-state index in [2.05, 4.69) is 20.6 Å². The maximum atomic E-state index is 13.1. The third-order valence-electron chi connectivity index (χ3n) is 3.60. The van der Waals surface area contributed by atoms with Gasteiger partial charge in [0, 0.05) is 17.8 Å². The number of hydrogen-bond acceptors (Lipinski definition) is 5. The highest BCUT2D eigenvalue weighted by Gasteiger charge is 2.34. The molecule has 0 aliphatic carbocycles. The fourth-order valence-electron chi connectivity index (χ4n) is 2.49. The Labute approximate surface area is 144 Å². The van der Waals surface area contributed by atoms with Gasteiger partial charge in [-0.3, -0.25) is 0 Å². The van der Waals surface area contributed by atoms with Crippen LogP contribution in [0.25, 0.3) is 0 Å². The van der Waals surface area contributed by atoms with Crippen molar-refractivity contribution in [1.29, 1.82) is 0 Å². The Bertz CT molecular complexity index is 739. The van der Waals surface area contributed by atoms with Gasteiger partial charge in [0.15, 0.2) is 5.69 Å². The zero-order chi connectivity index (χ0) is 18.8. The van der Waals surface area contributed by atoms with Crippen LogP contribution >= 0.6 is 0 Å². The number of aromatic nitrogens is 2. The molecule has 3 N–H and O–H groups in total. The van der Waals surface area contributed by atoms with Gasteiger partial charge < -0.3 is 15.7 Å². The molecule has 8 heteroatoms. The molecule has 0 spiro atoms. The van der Waals surface area contributed by atoms with Crippen LogP contribution in [0.4, 0.5) is 30.6 Å². The van der Waals surface area contributed by atoms with Gasteiger partial charge in [0.1, 0.15) is 5.82 Å². The molecule has 0 amide bonds. The summed E-state index contributed by atoms with van der Waals surface area (Å²) in [7, 11) is 0. The van der Waals surface area contributed by atoms with E-state index in [4.69, 9.17) is 5.11 Å². The van der Waals surface area contributed by atoms with Crippen molar-refractivity contribution in [3.05, 3.63) is 40.6 Å². The van der Waals surface area contributed by atoms with Crippen LogP contribution in [0.15, 0.2) is 18.2 Å². The summed E-state index contributed by atoms with van der Waals surface area (Å²) in [5.74, 6) is -0.161. The lowest BCUT2D eigenvalue weighted by atomic mass is 10.1. The van der Waals surface area contributed by atoms with Crippen LogP contribution < -0.4 is 10.6 Å². The van der Waals surface area contributed by atoms with Gasteiger partial charge in [0.2, 0.25) is 5.95 Å². The predicted molar refractivity (Wildman–Crippen MR) is 91.1 cm³/mol. The van der Waals surface area contributed by atoms with Crippen molar-refractivity contribution in [2.75, 3.05) is 17.2 Å². The number of rotatable bonds is 5. The molecule has 0 fully saturated rings. The topological polar surface area (TPSA) is 70.1 Å². The number of benzene rings is 1.